The van der Waals surface area contributed by atoms with Gasteiger partial charge in [0.2, 0.25) is 0 Å². The first-order valence-electron chi connectivity index (χ1n) is 5.66. The van der Waals surface area contributed by atoms with Gasteiger partial charge >= 0.3 is 0 Å². The van der Waals surface area contributed by atoms with Gasteiger partial charge in [-0.25, -0.2) is 4.98 Å². The molecule has 1 fully saturated rings. The average Bonchev–Trinajstić information content (AvgIpc) is 2.77. The maximum atomic E-state index is 12.2. The second-order valence-electron chi connectivity index (χ2n) is 4.82. The molecule has 1 aromatic rings. The zero-order valence-corrected chi connectivity index (χ0v) is 9.81. The topological polar surface area (TPSA) is 73.8 Å². The summed E-state index contributed by atoms with van der Waals surface area (Å²) in [5, 5.41) is 3.96. The average molecular weight is 222 g/mol. The van der Waals surface area contributed by atoms with Crippen LogP contribution in [0.5, 0.6) is 0 Å². The van der Waals surface area contributed by atoms with Crippen molar-refractivity contribution in [2.75, 3.05) is 0 Å². The SMILES string of the molecule is Cn1ncnc1CC(=O)C1(C)CCCC1N. The number of hydrogen-bond acceptors (Lipinski definition) is 4. The smallest absolute Gasteiger partial charge is 0.147 e. The molecule has 88 valence electrons. The number of nitrogens with two attached hydrogens (primary N) is 1. The van der Waals surface area contributed by atoms with Crippen LogP contribution in [0.2, 0.25) is 0 Å². The minimum absolute atomic E-state index is 0.00627. The van der Waals surface area contributed by atoms with Gasteiger partial charge in [0.05, 0.1) is 6.42 Å². The predicted molar refractivity (Wildman–Crippen MR) is 59.6 cm³/mol. The number of aromatic nitrogens is 3. The summed E-state index contributed by atoms with van der Waals surface area (Å²) in [5.41, 5.74) is 5.65. The summed E-state index contributed by atoms with van der Waals surface area (Å²) >= 11 is 0. The Morgan fingerprint density at radius 3 is 3.00 bits per heavy atom. The van der Waals surface area contributed by atoms with Crippen LogP contribution in [0.4, 0.5) is 0 Å². The Balaban J connectivity index is 2.11. The van der Waals surface area contributed by atoms with E-state index >= 15 is 0 Å². The van der Waals surface area contributed by atoms with Gasteiger partial charge in [0, 0.05) is 18.5 Å². The molecular weight excluding hydrogens is 204 g/mol. The van der Waals surface area contributed by atoms with Crippen LogP contribution < -0.4 is 5.73 Å². The van der Waals surface area contributed by atoms with Gasteiger partial charge in [-0.3, -0.25) is 9.48 Å². The van der Waals surface area contributed by atoms with E-state index in [9.17, 15) is 4.79 Å². The first-order valence-corrected chi connectivity index (χ1v) is 5.66. The Kier molecular flexibility index (Phi) is 2.80. The van der Waals surface area contributed by atoms with E-state index in [2.05, 4.69) is 10.1 Å². The van der Waals surface area contributed by atoms with Crippen LogP contribution in [0.25, 0.3) is 0 Å². The van der Waals surface area contributed by atoms with Crippen molar-refractivity contribution < 1.29 is 4.79 Å². The first kappa shape index (κ1) is 11.3. The molecule has 2 rings (SSSR count). The standard InChI is InChI=1S/C11H18N4O/c1-11(5-3-4-8(11)12)9(16)6-10-13-7-14-15(10)2/h7-8H,3-6,12H2,1-2H3. The number of ketones is 1. The van der Waals surface area contributed by atoms with Gasteiger partial charge in [0.1, 0.15) is 17.9 Å². The summed E-state index contributed by atoms with van der Waals surface area (Å²) in [6.07, 6.45) is 4.69. The summed E-state index contributed by atoms with van der Waals surface area (Å²) in [7, 11) is 1.80. The van der Waals surface area contributed by atoms with E-state index < -0.39 is 0 Å². The maximum absolute atomic E-state index is 12.2. The lowest BCUT2D eigenvalue weighted by Gasteiger charge is -2.26. The lowest BCUT2D eigenvalue weighted by molar-refractivity contribution is -0.127. The third-order valence-electron chi connectivity index (χ3n) is 3.79. The maximum Gasteiger partial charge on any atom is 0.147 e. The highest BCUT2D eigenvalue weighted by atomic mass is 16.1. The van der Waals surface area contributed by atoms with Crippen molar-refractivity contribution in [2.45, 2.75) is 38.6 Å². The molecule has 2 unspecified atom stereocenters. The fourth-order valence-corrected chi connectivity index (χ4v) is 2.37. The van der Waals surface area contributed by atoms with Gasteiger partial charge in [-0.15, -0.1) is 0 Å². The van der Waals surface area contributed by atoms with Crippen molar-refractivity contribution in [3.8, 4) is 0 Å². The number of aryl methyl sites for hydroxylation is 1. The largest absolute Gasteiger partial charge is 0.327 e. The van der Waals surface area contributed by atoms with Gasteiger partial charge in [-0.05, 0) is 12.8 Å². The molecule has 16 heavy (non-hydrogen) atoms. The van der Waals surface area contributed by atoms with E-state index in [1.165, 1.54) is 6.33 Å². The molecule has 0 bridgehead atoms. The second-order valence-corrected chi connectivity index (χ2v) is 4.82. The van der Waals surface area contributed by atoms with Gasteiger partial charge in [-0.1, -0.05) is 13.3 Å². The molecule has 1 aromatic heterocycles. The number of carbonyl (C=O) groups excluding carboxylic acids is 1. The van der Waals surface area contributed by atoms with Crippen LogP contribution in [0.15, 0.2) is 6.33 Å². The Bertz CT molecular complexity index is 400. The molecule has 0 amide bonds. The number of rotatable bonds is 3. The summed E-state index contributed by atoms with van der Waals surface area (Å²) < 4.78 is 1.64. The van der Waals surface area contributed by atoms with E-state index in [0.717, 1.165) is 19.3 Å². The Morgan fingerprint density at radius 1 is 1.75 bits per heavy atom. The molecule has 1 heterocycles. The van der Waals surface area contributed by atoms with E-state index in [1.807, 2.05) is 6.92 Å². The minimum atomic E-state index is -0.369. The number of nitrogens with zero attached hydrogens (tertiary/aromatic N) is 3. The zero-order valence-electron chi connectivity index (χ0n) is 9.81. The summed E-state index contributed by atoms with van der Waals surface area (Å²) in [4.78, 5) is 16.3. The van der Waals surface area contributed by atoms with Crippen molar-refractivity contribution >= 4 is 5.78 Å². The predicted octanol–water partition coefficient (Wildman–Crippen LogP) is 0.444. The normalized spacial score (nSPS) is 29.6. The van der Waals surface area contributed by atoms with E-state index in [0.29, 0.717) is 12.2 Å². The van der Waals surface area contributed by atoms with Gasteiger partial charge < -0.3 is 5.73 Å². The Hall–Kier alpha value is -1.23. The molecule has 2 atom stereocenters. The van der Waals surface area contributed by atoms with E-state index in [1.54, 1.807) is 11.7 Å². The molecule has 0 saturated heterocycles. The van der Waals surface area contributed by atoms with Crippen molar-refractivity contribution in [2.24, 2.45) is 18.2 Å². The van der Waals surface area contributed by atoms with E-state index in [-0.39, 0.29) is 17.2 Å². The fourth-order valence-electron chi connectivity index (χ4n) is 2.37. The van der Waals surface area contributed by atoms with Crippen LogP contribution in [0.1, 0.15) is 32.0 Å². The highest BCUT2D eigenvalue weighted by molar-refractivity contribution is 5.87. The van der Waals surface area contributed by atoms with Crippen LogP contribution >= 0.6 is 0 Å². The molecule has 0 aliphatic heterocycles. The van der Waals surface area contributed by atoms with E-state index in [4.69, 9.17) is 5.73 Å². The van der Waals surface area contributed by atoms with Crippen molar-refractivity contribution in [1.82, 2.24) is 14.8 Å². The zero-order chi connectivity index (χ0) is 11.8. The third-order valence-corrected chi connectivity index (χ3v) is 3.79. The molecular formula is C11H18N4O. The number of Topliss-reactive ketones (excluding diaryl/α,β-unsaturated/α-hetero) is 1. The summed E-state index contributed by atoms with van der Waals surface area (Å²) in [6, 6.07) is -0.00627. The molecule has 1 aliphatic carbocycles. The molecule has 0 radical (unpaired) electrons. The van der Waals surface area contributed by atoms with Gasteiger partial charge in [-0.2, -0.15) is 5.10 Å². The van der Waals surface area contributed by atoms with Crippen molar-refractivity contribution in [3.63, 3.8) is 0 Å². The van der Waals surface area contributed by atoms with Crippen LogP contribution in [0, 0.1) is 5.41 Å². The molecule has 1 saturated carbocycles. The van der Waals surface area contributed by atoms with Crippen LogP contribution in [-0.2, 0) is 18.3 Å². The Morgan fingerprint density at radius 2 is 2.50 bits per heavy atom. The Labute approximate surface area is 95.0 Å². The number of hydrogen-bond donors (Lipinski definition) is 1. The lowest BCUT2D eigenvalue weighted by atomic mass is 9.79. The fraction of sp³-hybridized carbons (Fsp3) is 0.727. The van der Waals surface area contributed by atoms with Gasteiger partial charge in [0.15, 0.2) is 0 Å². The second kappa shape index (κ2) is 3.97. The summed E-state index contributed by atoms with van der Waals surface area (Å²) in [5.74, 6) is 0.902. The van der Waals surface area contributed by atoms with Crippen LogP contribution in [-0.4, -0.2) is 26.6 Å². The van der Waals surface area contributed by atoms with Crippen molar-refractivity contribution in [1.29, 1.82) is 0 Å². The molecule has 5 nitrogen and oxygen atoms in total. The monoisotopic (exact) mass is 222 g/mol. The lowest BCUT2D eigenvalue weighted by Crippen LogP contribution is -2.42. The highest BCUT2D eigenvalue weighted by Crippen LogP contribution is 2.38. The number of carbonyl (C=O) groups is 1. The van der Waals surface area contributed by atoms with Crippen LogP contribution in [0.3, 0.4) is 0 Å². The minimum Gasteiger partial charge on any atom is -0.327 e. The van der Waals surface area contributed by atoms with Crippen molar-refractivity contribution in [3.05, 3.63) is 12.2 Å². The molecule has 0 aromatic carbocycles. The van der Waals surface area contributed by atoms with Gasteiger partial charge in [0.25, 0.3) is 0 Å². The molecule has 0 spiro atoms. The molecule has 2 N–H and O–H groups in total. The molecule has 1 aliphatic rings. The third kappa shape index (κ3) is 1.75. The quantitative estimate of drug-likeness (QED) is 0.805. The first-order chi connectivity index (χ1) is 7.54. The highest BCUT2D eigenvalue weighted by Gasteiger charge is 2.42. The summed E-state index contributed by atoms with van der Waals surface area (Å²) in [6.45, 7) is 1.98. The molecule has 5 heteroatoms.